The molecule has 1 N–H and O–H groups in total. The lowest BCUT2D eigenvalue weighted by Gasteiger charge is -2.17. The van der Waals surface area contributed by atoms with Gasteiger partial charge >= 0.3 is 12.3 Å². The molecular weight excluding hydrogens is 228 g/mol. The van der Waals surface area contributed by atoms with Crippen LogP contribution in [0.4, 0.5) is 17.6 Å². The van der Waals surface area contributed by atoms with Crippen molar-refractivity contribution in [2.75, 3.05) is 26.2 Å². The molecule has 1 aliphatic heterocycles. The molecule has 0 radical (unpaired) electrons. The number of carbonyl (C=O) groups is 1. The average Bonchev–Trinajstić information content (AvgIpc) is 2.70. The molecule has 0 aromatic heterocycles. The zero-order chi connectivity index (χ0) is 12.2. The van der Waals surface area contributed by atoms with E-state index in [1.807, 2.05) is 10.2 Å². The van der Waals surface area contributed by atoms with Crippen LogP contribution in [0.1, 0.15) is 12.8 Å². The molecule has 1 heterocycles. The molecule has 1 saturated heterocycles. The van der Waals surface area contributed by atoms with E-state index in [2.05, 4.69) is 0 Å². The van der Waals surface area contributed by atoms with Crippen molar-refractivity contribution in [1.82, 2.24) is 10.2 Å². The SMILES string of the molecule is O=C(NCCN1CCCC1)C(F)(F)C(F)F. The van der Waals surface area contributed by atoms with Crippen molar-refractivity contribution in [3.05, 3.63) is 0 Å². The highest BCUT2D eigenvalue weighted by Gasteiger charge is 2.48. The van der Waals surface area contributed by atoms with E-state index < -0.39 is 18.3 Å². The monoisotopic (exact) mass is 242 g/mol. The third-order valence-corrected chi connectivity index (χ3v) is 2.49. The van der Waals surface area contributed by atoms with Crippen LogP contribution in [-0.2, 0) is 4.79 Å². The van der Waals surface area contributed by atoms with Gasteiger partial charge in [-0.1, -0.05) is 0 Å². The molecule has 0 aliphatic carbocycles. The Balaban J connectivity index is 2.24. The summed E-state index contributed by atoms with van der Waals surface area (Å²) in [6, 6.07) is 0. The highest BCUT2D eigenvalue weighted by Crippen LogP contribution is 2.22. The molecule has 0 unspecified atom stereocenters. The fraction of sp³-hybridized carbons (Fsp3) is 0.889. The van der Waals surface area contributed by atoms with Crippen LogP contribution in [0.25, 0.3) is 0 Å². The van der Waals surface area contributed by atoms with E-state index in [0.717, 1.165) is 25.9 Å². The van der Waals surface area contributed by atoms with Crippen molar-refractivity contribution in [1.29, 1.82) is 0 Å². The summed E-state index contributed by atoms with van der Waals surface area (Å²) in [6.07, 6.45) is -1.87. The molecule has 0 aromatic rings. The third-order valence-electron chi connectivity index (χ3n) is 2.49. The molecule has 3 nitrogen and oxygen atoms in total. The number of alkyl halides is 4. The summed E-state index contributed by atoms with van der Waals surface area (Å²) in [5, 5.41) is 1.82. The van der Waals surface area contributed by atoms with E-state index in [-0.39, 0.29) is 6.54 Å². The normalized spacial score (nSPS) is 18.1. The highest BCUT2D eigenvalue weighted by molar-refractivity contribution is 5.83. The van der Waals surface area contributed by atoms with Gasteiger partial charge in [0.25, 0.3) is 5.91 Å². The number of amides is 1. The molecule has 0 bridgehead atoms. The van der Waals surface area contributed by atoms with E-state index in [0.29, 0.717) is 6.54 Å². The van der Waals surface area contributed by atoms with Gasteiger partial charge in [-0.05, 0) is 25.9 Å². The lowest BCUT2D eigenvalue weighted by atomic mass is 10.3. The Morgan fingerprint density at radius 3 is 2.38 bits per heavy atom. The van der Waals surface area contributed by atoms with Gasteiger partial charge in [-0.2, -0.15) is 8.78 Å². The molecule has 16 heavy (non-hydrogen) atoms. The van der Waals surface area contributed by atoms with Gasteiger partial charge in [0.2, 0.25) is 0 Å². The quantitative estimate of drug-likeness (QED) is 0.732. The Labute approximate surface area is 90.8 Å². The highest BCUT2D eigenvalue weighted by atomic mass is 19.3. The summed E-state index contributed by atoms with van der Waals surface area (Å²) in [7, 11) is 0. The van der Waals surface area contributed by atoms with Crippen molar-refractivity contribution in [3.63, 3.8) is 0 Å². The molecule has 1 aliphatic rings. The number of nitrogens with one attached hydrogen (secondary N) is 1. The first-order valence-corrected chi connectivity index (χ1v) is 5.11. The van der Waals surface area contributed by atoms with Crippen molar-refractivity contribution in [2.45, 2.75) is 25.2 Å². The van der Waals surface area contributed by atoms with E-state index in [1.165, 1.54) is 0 Å². The Hall–Kier alpha value is -0.850. The maximum atomic E-state index is 12.5. The topological polar surface area (TPSA) is 32.3 Å². The average molecular weight is 242 g/mol. The summed E-state index contributed by atoms with van der Waals surface area (Å²) in [5.74, 6) is -6.49. The lowest BCUT2D eigenvalue weighted by Crippen LogP contribution is -2.47. The number of nitrogens with zero attached hydrogens (tertiary/aromatic N) is 1. The number of rotatable bonds is 5. The molecule has 1 fully saturated rings. The first kappa shape index (κ1) is 13.2. The number of hydrogen-bond acceptors (Lipinski definition) is 2. The second kappa shape index (κ2) is 5.47. The van der Waals surface area contributed by atoms with Gasteiger partial charge in [0.05, 0.1) is 0 Å². The van der Waals surface area contributed by atoms with Crippen molar-refractivity contribution in [2.24, 2.45) is 0 Å². The molecule has 0 atom stereocenters. The maximum Gasteiger partial charge on any atom is 0.383 e. The number of halogens is 4. The zero-order valence-electron chi connectivity index (χ0n) is 8.69. The zero-order valence-corrected chi connectivity index (χ0v) is 8.69. The van der Waals surface area contributed by atoms with Crippen molar-refractivity contribution in [3.8, 4) is 0 Å². The Bertz CT molecular complexity index is 242. The lowest BCUT2D eigenvalue weighted by molar-refractivity contribution is -0.169. The maximum absolute atomic E-state index is 12.5. The van der Waals surface area contributed by atoms with Crippen LogP contribution in [0.2, 0.25) is 0 Å². The van der Waals surface area contributed by atoms with Crippen LogP contribution in [0, 0.1) is 0 Å². The summed E-state index contributed by atoms with van der Waals surface area (Å²) < 4.78 is 48.5. The summed E-state index contributed by atoms with van der Waals surface area (Å²) in [4.78, 5) is 12.7. The minimum atomic E-state index is -4.59. The van der Waals surface area contributed by atoms with Gasteiger partial charge in [0.15, 0.2) is 0 Å². The largest absolute Gasteiger partial charge is 0.383 e. The van der Waals surface area contributed by atoms with E-state index >= 15 is 0 Å². The minimum absolute atomic E-state index is 0.0266. The molecular formula is C9H14F4N2O. The van der Waals surface area contributed by atoms with Gasteiger partial charge < -0.3 is 10.2 Å². The minimum Gasteiger partial charge on any atom is -0.349 e. The van der Waals surface area contributed by atoms with Crippen LogP contribution in [0.3, 0.4) is 0 Å². The molecule has 7 heteroatoms. The predicted octanol–water partition coefficient (Wildman–Crippen LogP) is 1.10. The number of hydrogen-bond donors (Lipinski definition) is 1. The fourth-order valence-corrected chi connectivity index (χ4v) is 1.55. The first-order chi connectivity index (χ1) is 7.44. The summed E-state index contributed by atoms with van der Waals surface area (Å²) >= 11 is 0. The Kier molecular flexibility index (Phi) is 4.52. The second-order valence-corrected chi connectivity index (χ2v) is 3.73. The van der Waals surface area contributed by atoms with Gasteiger partial charge in [0, 0.05) is 13.1 Å². The van der Waals surface area contributed by atoms with E-state index in [4.69, 9.17) is 0 Å². The summed E-state index contributed by atoms with van der Waals surface area (Å²) in [6.45, 7) is 2.12. The van der Waals surface area contributed by atoms with Crippen LogP contribution >= 0.6 is 0 Å². The van der Waals surface area contributed by atoms with E-state index in [9.17, 15) is 22.4 Å². The predicted molar refractivity (Wildman–Crippen MR) is 49.6 cm³/mol. The summed E-state index contributed by atoms with van der Waals surface area (Å²) in [5.41, 5.74) is 0. The molecule has 0 saturated carbocycles. The Morgan fingerprint density at radius 2 is 1.88 bits per heavy atom. The Morgan fingerprint density at radius 1 is 1.31 bits per heavy atom. The smallest absolute Gasteiger partial charge is 0.349 e. The van der Waals surface area contributed by atoms with Crippen molar-refractivity contribution < 1.29 is 22.4 Å². The second-order valence-electron chi connectivity index (χ2n) is 3.73. The van der Waals surface area contributed by atoms with Crippen molar-refractivity contribution >= 4 is 5.91 Å². The van der Waals surface area contributed by atoms with Gasteiger partial charge in [-0.25, -0.2) is 8.78 Å². The fourth-order valence-electron chi connectivity index (χ4n) is 1.55. The number of likely N-dealkylation sites (tertiary alicyclic amines) is 1. The molecule has 94 valence electrons. The van der Waals surface area contributed by atoms with Gasteiger partial charge in [-0.3, -0.25) is 4.79 Å². The van der Waals surface area contributed by atoms with Gasteiger partial charge in [0.1, 0.15) is 0 Å². The standard InChI is InChI=1S/C9H14F4N2O/c10-7(11)9(12,13)8(16)14-3-6-15-4-1-2-5-15/h7H,1-6H2,(H,14,16). The molecule has 0 aromatic carbocycles. The molecule has 1 amide bonds. The van der Waals surface area contributed by atoms with Gasteiger partial charge in [-0.15, -0.1) is 0 Å². The number of carbonyl (C=O) groups excluding carboxylic acids is 1. The van der Waals surface area contributed by atoms with Crippen LogP contribution < -0.4 is 5.32 Å². The first-order valence-electron chi connectivity index (χ1n) is 5.11. The molecule has 1 rings (SSSR count). The molecule has 0 spiro atoms. The van der Waals surface area contributed by atoms with Crippen LogP contribution in [-0.4, -0.2) is 49.3 Å². The van der Waals surface area contributed by atoms with E-state index in [1.54, 1.807) is 0 Å². The van der Waals surface area contributed by atoms with Crippen LogP contribution in [0.5, 0.6) is 0 Å². The van der Waals surface area contributed by atoms with Crippen LogP contribution in [0.15, 0.2) is 0 Å². The third kappa shape index (κ3) is 3.33.